The van der Waals surface area contributed by atoms with Gasteiger partial charge in [-0.25, -0.2) is 9.37 Å². The summed E-state index contributed by atoms with van der Waals surface area (Å²) in [5, 5.41) is 2.73. The first-order chi connectivity index (χ1) is 15.4. The van der Waals surface area contributed by atoms with E-state index < -0.39 is 0 Å². The van der Waals surface area contributed by atoms with E-state index in [4.69, 9.17) is 4.98 Å². The molecule has 0 atom stereocenters. The monoisotopic (exact) mass is 434 g/mol. The molecule has 1 aliphatic rings. The number of halogens is 1. The lowest BCUT2D eigenvalue weighted by Gasteiger charge is -2.29. The highest BCUT2D eigenvalue weighted by Crippen LogP contribution is 2.20. The normalized spacial score (nSPS) is 13.8. The van der Waals surface area contributed by atoms with Gasteiger partial charge in [-0.15, -0.1) is 0 Å². The van der Waals surface area contributed by atoms with Crippen LogP contribution in [0.25, 0.3) is 0 Å². The summed E-state index contributed by atoms with van der Waals surface area (Å²) in [6, 6.07) is 15.7. The van der Waals surface area contributed by atoms with Crippen LogP contribution in [0.5, 0.6) is 0 Å². The molecule has 0 fully saturated rings. The Morgan fingerprint density at radius 3 is 2.53 bits per heavy atom. The second kappa shape index (κ2) is 9.44. The zero-order valence-electron chi connectivity index (χ0n) is 18.3. The Morgan fingerprint density at radius 2 is 1.84 bits per heavy atom. The summed E-state index contributed by atoms with van der Waals surface area (Å²) in [4.78, 5) is 33.1. The van der Waals surface area contributed by atoms with E-state index in [1.54, 1.807) is 0 Å². The largest absolute Gasteiger partial charge is 0.325 e. The van der Waals surface area contributed by atoms with Crippen molar-refractivity contribution in [2.75, 3.05) is 11.9 Å². The van der Waals surface area contributed by atoms with E-state index in [9.17, 15) is 14.0 Å². The molecule has 0 radical (unpaired) electrons. The molecule has 1 amide bonds. The maximum Gasteiger partial charge on any atom is 0.258 e. The van der Waals surface area contributed by atoms with E-state index >= 15 is 0 Å². The van der Waals surface area contributed by atoms with E-state index in [1.165, 1.54) is 34.4 Å². The zero-order chi connectivity index (χ0) is 22.7. The first-order valence-electron chi connectivity index (χ1n) is 10.8. The van der Waals surface area contributed by atoms with Gasteiger partial charge in [0.05, 0.1) is 11.3 Å². The molecular weight excluding hydrogens is 407 g/mol. The number of nitrogens with zero attached hydrogens (tertiary/aromatic N) is 3. The van der Waals surface area contributed by atoms with E-state index in [0.717, 1.165) is 18.8 Å². The molecule has 0 spiro atoms. The molecule has 1 aromatic heterocycles. The van der Waals surface area contributed by atoms with Crippen molar-refractivity contribution in [3.8, 4) is 0 Å². The van der Waals surface area contributed by atoms with Crippen LogP contribution in [0.4, 0.5) is 10.1 Å². The maximum atomic E-state index is 13.4. The molecular formula is C25H27FN4O2. The fourth-order valence-corrected chi connectivity index (χ4v) is 4.04. The number of carbonyl (C=O) groups is 1. The summed E-state index contributed by atoms with van der Waals surface area (Å²) in [5.74, 6) is -0.118. The molecule has 2 aromatic carbocycles. The lowest BCUT2D eigenvalue weighted by atomic mass is 10.0. The summed E-state index contributed by atoms with van der Waals surface area (Å²) < 4.78 is 14.6. The van der Waals surface area contributed by atoms with Crippen molar-refractivity contribution >= 4 is 11.6 Å². The molecule has 2 heterocycles. The number of fused-ring (bicyclic) bond motifs is 1. The van der Waals surface area contributed by atoms with E-state index in [2.05, 4.69) is 22.3 Å². The average molecular weight is 435 g/mol. The Hall–Kier alpha value is -3.32. The number of hydrogen-bond acceptors (Lipinski definition) is 4. The van der Waals surface area contributed by atoms with E-state index in [0.29, 0.717) is 30.0 Å². The van der Waals surface area contributed by atoms with Gasteiger partial charge in [0.1, 0.15) is 18.2 Å². The van der Waals surface area contributed by atoms with Crippen molar-refractivity contribution < 1.29 is 9.18 Å². The van der Waals surface area contributed by atoms with Gasteiger partial charge >= 0.3 is 0 Å². The summed E-state index contributed by atoms with van der Waals surface area (Å²) in [5.41, 5.74) is 3.01. The molecule has 4 rings (SSSR count). The molecule has 0 saturated heterocycles. The standard InChI is InChI=1S/C25H27FN4O2/c1-17(2)24-28-22-12-13-29(14-18-6-4-3-5-7-18)15-21(22)25(32)30(24)16-23(31)27-20-10-8-19(26)9-11-20/h3-11,17H,12-16H2,1-2H3,(H,27,31). The highest BCUT2D eigenvalue weighted by Gasteiger charge is 2.25. The molecule has 7 heteroatoms. The molecule has 3 aromatic rings. The Balaban J connectivity index is 1.58. The number of carbonyl (C=O) groups excluding carboxylic acids is 1. The van der Waals surface area contributed by atoms with Gasteiger partial charge < -0.3 is 5.32 Å². The first kappa shape index (κ1) is 21.9. The van der Waals surface area contributed by atoms with Crippen molar-refractivity contribution in [1.82, 2.24) is 14.5 Å². The highest BCUT2D eigenvalue weighted by atomic mass is 19.1. The number of amides is 1. The molecule has 1 N–H and O–H groups in total. The van der Waals surface area contributed by atoms with Crippen LogP contribution in [0, 0.1) is 5.82 Å². The van der Waals surface area contributed by atoms with E-state index in [1.807, 2.05) is 32.0 Å². The highest BCUT2D eigenvalue weighted by molar-refractivity contribution is 5.90. The Bertz CT molecular complexity index is 1160. The van der Waals surface area contributed by atoms with Crippen molar-refractivity contribution in [2.45, 2.75) is 45.8 Å². The summed E-state index contributed by atoms with van der Waals surface area (Å²) in [6.07, 6.45) is 0.708. The fraction of sp³-hybridized carbons (Fsp3) is 0.320. The molecule has 0 saturated carbocycles. The fourth-order valence-electron chi connectivity index (χ4n) is 4.04. The van der Waals surface area contributed by atoms with Crippen LogP contribution in [0.2, 0.25) is 0 Å². The number of hydrogen-bond donors (Lipinski definition) is 1. The second-order valence-electron chi connectivity index (χ2n) is 8.44. The molecule has 0 aliphatic carbocycles. The second-order valence-corrected chi connectivity index (χ2v) is 8.44. The molecule has 32 heavy (non-hydrogen) atoms. The Labute approximate surface area is 186 Å². The SMILES string of the molecule is CC(C)c1nc2c(c(=O)n1CC(=O)Nc1ccc(F)cc1)CN(Cc1ccccc1)CC2. The number of anilines is 1. The van der Waals surface area contributed by atoms with Crippen LogP contribution in [-0.4, -0.2) is 26.9 Å². The summed E-state index contributed by atoms with van der Waals surface area (Å²) in [7, 11) is 0. The molecule has 6 nitrogen and oxygen atoms in total. The zero-order valence-corrected chi connectivity index (χ0v) is 18.3. The van der Waals surface area contributed by atoms with Crippen molar-refractivity contribution in [2.24, 2.45) is 0 Å². The van der Waals surface area contributed by atoms with Crippen LogP contribution in [0.15, 0.2) is 59.4 Å². The van der Waals surface area contributed by atoms with Crippen LogP contribution in [0.3, 0.4) is 0 Å². The smallest absolute Gasteiger partial charge is 0.258 e. The number of nitrogens with one attached hydrogen (secondary N) is 1. The number of benzene rings is 2. The third-order valence-corrected chi connectivity index (χ3v) is 5.62. The Kier molecular flexibility index (Phi) is 6.46. The van der Waals surface area contributed by atoms with E-state index in [-0.39, 0.29) is 29.7 Å². The topological polar surface area (TPSA) is 67.2 Å². The van der Waals surface area contributed by atoms with Crippen LogP contribution < -0.4 is 10.9 Å². The maximum absolute atomic E-state index is 13.4. The molecule has 1 aliphatic heterocycles. The number of rotatable bonds is 6. The predicted octanol–water partition coefficient (Wildman–Crippen LogP) is 3.70. The van der Waals surface area contributed by atoms with Crippen LogP contribution >= 0.6 is 0 Å². The van der Waals surface area contributed by atoms with Gasteiger partial charge in [-0.2, -0.15) is 0 Å². The summed E-state index contributed by atoms with van der Waals surface area (Å²) in [6.45, 7) is 5.90. The van der Waals surface area contributed by atoms with Gasteiger partial charge in [0.2, 0.25) is 5.91 Å². The van der Waals surface area contributed by atoms with Crippen LogP contribution in [-0.2, 0) is 30.8 Å². The van der Waals surface area contributed by atoms with Crippen LogP contribution in [0.1, 0.15) is 42.4 Å². The summed E-state index contributed by atoms with van der Waals surface area (Å²) >= 11 is 0. The van der Waals surface area contributed by atoms with Crippen molar-refractivity contribution in [3.63, 3.8) is 0 Å². The lowest BCUT2D eigenvalue weighted by Crippen LogP contribution is -2.40. The lowest BCUT2D eigenvalue weighted by molar-refractivity contribution is -0.116. The van der Waals surface area contributed by atoms with Crippen molar-refractivity contribution in [1.29, 1.82) is 0 Å². The third kappa shape index (κ3) is 4.94. The minimum absolute atomic E-state index is 0.00558. The third-order valence-electron chi connectivity index (χ3n) is 5.62. The quantitative estimate of drug-likeness (QED) is 0.642. The minimum atomic E-state index is -0.375. The first-order valence-corrected chi connectivity index (χ1v) is 10.8. The Morgan fingerprint density at radius 1 is 1.12 bits per heavy atom. The van der Waals surface area contributed by atoms with Gasteiger partial charge in [0.15, 0.2) is 0 Å². The number of aromatic nitrogens is 2. The van der Waals surface area contributed by atoms with Gasteiger partial charge in [0.25, 0.3) is 5.56 Å². The van der Waals surface area contributed by atoms with Gasteiger partial charge in [-0.1, -0.05) is 44.2 Å². The molecule has 0 bridgehead atoms. The molecule has 166 valence electrons. The average Bonchev–Trinajstić information content (AvgIpc) is 2.78. The van der Waals surface area contributed by atoms with Crippen molar-refractivity contribution in [3.05, 3.63) is 93.4 Å². The predicted molar refractivity (Wildman–Crippen MR) is 122 cm³/mol. The molecule has 0 unspecified atom stereocenters. The van der Waals surface area contributed by atoms with Gasteiger partial charge in [0, 0.05) is 37.7 Å². The van der Waals surface area contributed by atoms with Gasteiger partial charge in [-0.3, -0.25) is 19.1 Å². The van der Waals surface area contributed by atoms with Gasteiger partial charge in [-0.05, 0) is 29.8 Å². The minimum Gasteiger partial charge on any atom is -0.325 e.